The molecule has 1 aliphatic carbocycles. The van der Waals surface area contributed by atoms with Gasteiger partial charge in [0.15, 0.2) is 10.8 Å². The second kappa shape index (κ2) is 8.17. The Kier molecular flexibility index (Phi) is 6.44. The quantitative estimate of drug-likeness (QED) is 0.732. The molecule has 0 aromatic carbocycles. The molecule has 2 unspecified atom stereocenters. The lowest BCUT2D eigenvalue weighted by molar-refractivity contribution is 0.315. The van der Waals surface area contributed by atoms with Crippen LogP contribution in [0.4, 0.5) is 4.39 Å². The van der Waals surface area contributed by atoms with E-state index in [-0.39, 0.29) is 16.3 Å². The minimum atomic E-state index is -0.757. The van der Waals surface area contributed by atoms with E-state index in [0.717, 1.165) is 18.4 Å². The number of allylic oxidation sites excluding steroid dienone is 2. The molecule has 0 fully saturated rings. The molecule has 0 radical (unpaired) electrons. The van der Waals surface area contributed by atoms with Crippen molar-refractivity contribution < 1.29 is 9.13 Å². The zero-order chi connectivity index (χ0) is 18.6. The molecule has 2 atom stereocenters. The maximum atomic E-state index is 12.9. The van der Waals surface area contributed by atoms with Crippen LogP contribution in [0.2, 0.25) is 5.02 Å². The highest BCUT2D eigenvalue weighted by molar-refractivity contribution is 6.31. The van der Waals surface area contributed by atoms with Crippen LogP contribution in [0.5, 0.6) is 5.75 Å². The summed E-state index contributed by atoms with van der Waals surface area (Å²) in [6, 6.07) is 0. The molecule has 1 heterocycles. The van der Waals surface area contributed by atoms with Crippen molar-refractivity contribution in [3.8, 4) is 5.75 Å². The zero-order valence-corrected chi connectivity index (χ0v) is 16.0. The summed E-state index contributed by atoms with van der Waals surface area (Å²) < 4.78 is 19.9. The van der Waals surface area contributed by atoms with Crippen LogP contribution in [-0.2, 0) is 5.54 Å². The monoisotopic (exact) mass is 368 g/mol. The van der Waals surface area contributed by atoms with Crippen LogP contribution in [0.3, 0.4) is 0 Å². The average molecular weight is 369 g/mol. The number of halogens is 2. The van der Waals surface area contributed by atoms with E-state index in [1.807, 2.05) is 26.8 Å². The van der Waals surface area contributed by atoms with Gasteiger partial charge in [0.25, 0.3) is 5.56 Å². The second-order valence-electron chi connectivity index (χ2n) is 7.49. The van der Waals surface area contributed by atoms with Gasteiger partial charge in [-0.05, 0) is 58.4 Å². The van der Waals surface area contributed by atoms with Crippen molar-refractivity contribution in [1.82, 2.24) is 9.78 Å². The number of alkyl halides is 1. The fraction of sp³-hybridized carbons (Fsp3) is 0.579. The van der Waals surface area contributed by atoms with Gasteiger partial charge in [-0.3, -0.25) is 4.79 Å². The highest BCUT2D eigenvalue weighted by atomic mass is 35.5. The fourth-order valence-corrected chi connectivity index (χ4v) is 2.81. The molecule has 0 amide bonds. The summed E-state index contributed by atoms with van der Waals surface area (Å²) in [7, 11) is 0. The predicted molar refractivity (Wildman–Crippen MR) is 99.1 cm³/mol. The van der Waals surface area contributed by atoms with Crippen molar-refractivity contribution in [2.75, 3.05) is 6.61 Å². The first-order valence-electron chi connectivity index (χ1n) is 8.61. The molecule has 0 aliphatic heterocycles. The van der Waals surface area contributed by atoms with Crippen LogP contribution >= 0.6 is 11.6 Å². The summed E-state index contributed by atoms with van der Waals surface area (Å²) in [5.74, 6) is 0.665. The number of nitrogens with zero attached hydrogens (tertiary/aromatic N) is 2. The van der Waals surface area contributed by atoms with Crippen molar-refractivity contribution in [2.45, 2.75) is 58.7 Å². The van der Waals surface area contributed by atoms with Crippen LogP contribution in [-0.4, -0.2) is 22.6 Å². The van der Waals surface area contributed by atoms with Gasteiger partial charge >= 0.3 is 0 Å². The van der Waals surface area contributed by atoms with E-state index in [1.54, 1.807) is 6.92 Å². The topological polar surface area (TPSA) is 44.1 Å². The van der Waals surface area contributed by atoms with Gasteiger partial charge in [-0.1, -0.05) is 29.8 Å². The van der Waals surface area contributed by atoms with E-state index >= 15 is 0 Å². The molecule has 6 heteroatoms. The van der Waals surface area contributed by atoms with Gasteiger partial charge in [-0.2, -0.15) is 5.10 Å². The Bertz CT molecular complexity index is 717. The Labute approximate surface area is 153 Å². The van der Waals surface area contributed by atoms with E-state index in [4.69, 9.17) is 16.3 Å². The van der Waals surface area contributed by atoms with E-state index in [1.165, 1.54) is 10.9 Å². The van der Waals surface area contributed by atoms with E-state index < -0.39 is 11.7 Å². The third-order valence-electron chi connectivity index (χ3n) is 4.12. The summed E-state index contributed by atoms with van der Waals surface area (Å²) in [4.78, 5) is 12.3. The minimum Gasteiger partial charge on any atom is -0.485 e. The summed E-state index contributed by atoms with van der Waals surface area (Å²) >= 11 is 6.14. The molecule has 1 aromatic rings. The highest BCUT2D eigenvalue weighted by Crippen LogP contribution is 2.24. The predicted octanol–water partition coefficient (Wildman–Crippen LogP) is 4.67. The minimum absolute atomic E-state index is 0.0418. The lowest BCUT2D eigenvalue weighted by Crippen LogP contribution is -2.36. The van der Waals surface area contributed by atoms with Crippen LogP contribution < -0.4 is 10.3 Å². The standard InChI is InChI=1S/C19H26ClFN2O2/c1-13(21)5-6-14-7-9-15(10-8-14)12-25-16-11-22-23(19(2,3)4)18(24)17(16)20/h7,9-11,13-14H,5-6,8,12H2,1-4H3. The van der Waals surface area contributed by atoms with Gasteiger partial charge in [-0.25, -0.2) is 9.07 Å². The van der Waals surface area contributed by atoms with E-state index in [9.17, 15) is 9.18 Å². The largest absolute Gasteiger partial charge is 0.485 e. The fourth-order valence-electron chi connectivity index (χ4n) is 2.63. The van der Waals surface area contributed by atoms with Gasteiger partial charge in [0.05, 0.1) is 17.9 Å². The summed E-state index contributed by atoms with van der Waals surface area (Å²) in [6.45, 7) is 7.57. The molecule has 4 nitrogen and oxygen atoms in total. The molecule has 138 valence electrons. The number of aromatic nitrogens is 2. The lowest BCUT2D eigenvalue weighted by Gasteiger charge is -2.21. The Morgan fingerprint density at radius 1 is 1.48 bits per heavy atom. The Balaban J connectivity index is 1.96. The first-order chi connectivity index (χ1) is 11.7. The van der Waals surface area contributed by atoms with Crippen LogP contribution in [0, 0.1) is 5.92 Å². The smallest absolute Gasteiger partial charge is 0.289 e. The summed E-state index contributed by atoms with van der Waals surface area (Å²) in [5, 5.41) is 4.19. The third kappa shape index (κ3) is 5.43. The Morgan fingerprint density at radius 3 is 2.76 bits per heavy atom. The number of ether oxygens (including phenoxy) is 1. The second-order valence-corrected chi connectivity index (χ2v) is 7.87. The number of hydrogen-bond acceptors (Lipinski definition) is 3. The molecule has 1 aromatic heterocycles. The van der Waals surface area contributed by atoms with Crippen molar-refractivity contribution in [3.63, 3.8) is 0 Å². The Hall–Kier alpha value is -1.62. The van der Waals surface area contributed by atoms with Gasteiger partial charge in [0.1, 0.15) is 6.61 Å². The molecular weight excluding hydrogens is 343 g/mol. The van der Waals surface area contributed by atoms with Crippen LogP contribution in [0.1, 0.15) is 47.0 Å². The number of rotatable bonds is 6. The van der Waals surface area contributed by atoms with Crippen molar-refractivity contribution in [1.29, 1.82) is 0 Å². The number of hydrogen-bond donors (Lipinski definition) is 0. The van der Waals surface area contributed by atoms with E-state index in [0.29, 0.717) is 18.9 Å². The normalized spacial score (nSPS) is 18.8. The molecule has 0 bridgehead atoms. The molecule has 0 saturated heterocycles. The van der Waals surface area contributed by atoms with Crippen molar-refractivity contribution in [2.24, 2.45) is 5.92 Å². The molecule has 0 saturated carbocycles. The lowest BCUT2D eigenvalue weighted by atomic mass is 9.92. The highest BCUT2D eigenvalue weighted by Gasteiger charge is 2.20. The van der Waals surface area contributed by atoms with Crippen LogP contribution in [0.25, 0.3) is 0 Å². The van der Waals surface area contributed by atoms with Gasteiger partial charge in [-0.15, -0.1) is 0 Å². The first kappa shape index (κ1) is 19.7. The maximum Gasteiger partial charge on any atom is 0.289 e. The molecule has 2 rings (SSSR count). The zero-order valence-electron chi connectivity index (χ0n) is 15.3. The van der Waals surface area contributed by atoms with Crippen LogP contribution in [0.15, 0.2) is 34.8 Å². The molecule has 0 N–H and O–H groups in total. The van der Waals surface area contributed by atoms with Crippen molar-refractivity contribution >= 4 is 11.6 Å². The molecular formula is C19H26ClFN2O2. The van der Waals surface area contributed by atoms with Gasteiger partial charge in [0.2, 0.25) is 0 Å². The maximum absolute atomic E-state index is 12.9. The SMILES string of the molecule is CC(F)CCC1C=CC(COc2cnn(C(C)(C)C)c(=O)c2Cl)=CC1. The molecule has 0 spiro atoms. The molecule has 1 aliphatic rings. The van der Waals surface area contributed by atoms with Gasteiger partial charge in [0, 0.05) is 0 Å². The third-order valence-corrected chi connectivity index (χ3v) is 4.47. The van der Waals surface area contributed by atoms with Crippen molar-refractivity contribution in [3.05, 3.63) is 45.4 Å². The first-order valence-corrected chi connectivity index (χ1v) is 8.98. The molecule has 25 heavy (non-hydrogen) atoms. The van der Waals surface area contributed by atoms with E-state index in [2.05, 4.69) is 17.3 Å². The summed E-state index contributed by atoms with van der Waals surface area (Å²) in [6.07, 6.45) is 9.21. The Morgan fingerprint density at radius 2 is 2.20 bits per heavy atom. The average Bonchev–Trinajstić information content (AvgIpc) is 2.54. The summed E-state index contributed by atoms with van der Waals surface area (Å²) in [5.41, 5.74) is 0.209. The van der Waals surface area contributed by atoms with Gasteiger partial charge < -0.3 is 4.74 Å².